The quantitative estimate of drug-likeness (QED) is 0.118. The fourth-order valence-corrected chi connectivity index (χ4v) is 11.4. The molecule has 0 aliphatic rings. The molecule has 0 spiro atoms. The van der Waals surface area contributed by atoms with Gasteiger partial charge >= 0.3 is 0 Å². The molecule has 9 aromatic carbocycles. The largest absolute Gasteiger partial charge is 0.332 e. The summed E-state index contributed by atoms with van der Waals surface area (Å²) >= 11 is 1.75. The van der Waals surface area contributed by atoms with Gasteiger partial charge < -0.3 is 9.55 Å². The van der Waals surface area contributed by atoms with Crippen LogP contribution in [-0.4, -0.2) is 22.6 Å². The Balaban J connectivity index is 0.000000292. The number of benzene rings is 9. The molecule has 3 nitrogen and oxygen atoms in total. The minimum Gasteiger partial charge on any atom is -0.332 e. The predicted molar refractivity (Wildman–Crippen MR) is 288 cm³/mol. The molecule has 0 saturated heterocycles. The summed E-state index contributed by atoms with van der Waals surface area (Å²) < 4.78 is 28.2. The molecule has 3 heterocycles. The van der Waals surface area contributed by atoms with E-state index in [4.69, 9.17) is 9.10 Å². The number of fused-ring (bicyclic) bond motifs is 6. The molecule has 331 valence electrons. The Kier molecular flexibility index (Phi) is 11.4. The first-order chi connectivity index (χ1) is 34.0. The van der Waals surface area contributed by atoms with Crippen LogP contribution in [0.2, 0.25) is 19.6 Å². The number of hydrogen-bond donors (Lipinski definition) is 0. The second-order valence-electron chi connectivity index (χ2n) is 17.8. The zero-order valence-corrected chi connectivity index (χ0v) is 42.0. The van der Waals surface area contributed by atoms with E-state index in [1.165, 1.54) is 10.6 Å². The van der Waals surface area contributed by atoms with Crippen LogP contribution in [0, 0.1) is 19.0 Å². The van der Waals surface area contributed by atoms with Crippen LogP contribution in [-0.2, 0) is 20.1 Å². The van der Waals surface area contributed by atoms with Crippen LogP contribution in [0.15, 0.2) is 212 Å². The minimum absolute atomic E-state index is 0. The van der Waals surface area contributed by atoms with Gasteiger partial charge in [-0.15, -0.1) is 54.1 Å². The van der Waals surface area contributed by atoms with Crippen LogP contribution in [0.25, 0.3) is 104 Å². The monoisotopic (exact) mass is 1090 g/mol. The van der Waals surface area contributed by atoms with Gasteiger partial charge in [0.1, 0.15) is 0 Å². The van der Waals surface area contributed by atoms with Gasteiger partial charge in [-0.1, -0.05) is 188 Å². The molecule has 0 aliphatic heterocycles. The minimum atomic E-state index is -2.15. The van der Waals surface area contributed by atoms with Crippen molar-refractivity contribution in [3.8, 4) is 61.7 Å². The van der Waals surface area contributed by atoms with E-state index >= 15 is 0 Å². The zero-order chi connectivity index (χ0) is 48.0. The molecule has 68 heavy (non-hydrogen) atoms. The molecule has 3 aromatic heterocycles. The topological polar surface area (TPSA) is 30.7 Å². The van der Waals surface area contributed by atoms with Gasteiger partial charge in [-0.2, -0.15) is 11.3 Å². The Morgan fingerprint density at radius 3 is 1.90 bits per heavy atom. The molecule has 6 heteroatoms. The molecule has 0 saturated carbocycles. The molecule has 0 bridgehead atoms. The molecule has 12 rings (SSSR count). The standard InChI is InChI=1S/C48H31N2S.C14H16NSi.Ir/c1-31-26-28-34(29-27-31)41-30-44-45(38-19-9-8-18-37(38)41)39-22-13-23-40(47(39)51-44)48-49-42-24-10-11-25-43(42)50(48)46-35(32-14-4-2-5-15-32)20-12-21-36(46)33-16-6-3-7-17-33;1-16(2,3)13-9-10-14(15-11-13)12-7-5-4-6-8-12;/h2-22,24-30H,1H3;4-7,9-11H,1-3H3;/q2*-1;/i1D3;;. The first-order valence-corrected chi connectivity index (χ1v) is 26.9. The molecular formula is C62H47IrN3SSi-2. The van der Waals surface area contributed by atoms with E-state index in [0.29, 0.717) is 5.56 Å². The molecule has 0 aliphatic carbocycles. The molecule has 12 aromatic rings. The average molecular weight is 1090 g/mol. The Morgan fingerprint density at radius 2 is 1.24 bits per heavy atom. The number of aromatic nitrogens is 3. The summed E-state index contributed by atoms with van der Waals surface area (Å²) in [6, 6.07) is 77.5. The van der Waals surface area contributed by atoms with E-state index in [-0.39, 0.29) is 20.1 Å². The number of thiophene rings is 1. The van der Waals surface area contributed by atoms with Crippen molar-refractivity contribution in [2.24, 2.45) is 0 Å². The predicted octanol–water partition coefficient (Wildman–Crippen LogP) is 16.4. The fraction of sp³-hybridized carbons (Fsp3) is 0.0645. The number of para-hydroxylation sites is 3. The molecule has 0 unspecified atom stereocenters. The van der Waals surface area contributed by atoms with Crippen molar-refractivity contribution in [1.82, 2.24) is 14.5 Å². The van der Waals surface area contributed by atoms with Crippen molar-refractivity contribution in [2.75, 3.05) is 0 Å². The average Bonchev–Trinajstić information content (AvgIpc) is 3.98. The van der Waals surface area contributed by atoms with E-state index < -0.39 is 14.9 Å². The number of rotatable bonds is 7. The normalized spacial score (nSPS) is 12.2. The van der Waals surface area contributed by atoms with Crippen LogP contribution in [0.1, 0.15) is 9.68 Å². The van der Waals surface area contributed by atoms with Gasteiger partial charge in [0, 0.05) is 46.2 Å². The van der Waals surface area contributed by atoms with Crippen molar-refractivity contribution < 1.29 is 24.2 Å². The SMILES string of the molecule is C[Si](C)(C)c1ccc(-c2[c-]cccc2)nc1.[2H]C([2H])([2H])c1ccc(-c2cc3sc4c(-c5nc6ccccc6n5-c5c(-c6ccccc6)cccc5-c5ccccc5)[c-]ccc4c3c3ccccc23)cc1.[Ir]. The van der Waals surface area contributed by atoms with E-state index in [2.05, 4.69) is 187 Å². The van der Waals surface area contributed by atoms with E-state index in [1.807, 2.05) is 54.7 Å². The first kappa shape index (κ1) is 41.2. The van der Waals surface area contributed by atoms with Gasteiger partial charge in [0.15, 0.2) is 0 Å². The molecule has 0 N–H and O–H groups in total. The van der Waals surface area contributed by atoms with E-state index in [1.54, 1.807) is 23.5 Å². The Morgan fingerprint density at radius 1 is 0.574 bits per heavy atom. The van der Waals surface area contributed by atoms with Gasteiger partial charge in [0.05, 0.1) is 30.6 Å². The summed E-state index contributed by atoms with van der Waals surface area (Å²) in [7, 11) is -1.23. The summed E-state index contributed by atoms with van der Waals surface area (Å²) in [6.45, 7) is 4.85. The third-order valence-electron chi connectivity index (χ3n) is 12.5. The summed E-state index contributed by atoms with van der Waals surface area (Å²) in [5, 5.41) is 6.02. The van der Waals surface area contributed by atoms with Gasteiger partial charge in [-0.3, -0.25) is 4.98 Å². The van der Waals surface area contributed by atoms with Crippen molar-refractivity contribution in [3.05, 3.63) is 230 Å². The van der Waals surface area contributed by atoms with Gasteiger partial charge in [-0.05, 0) is 79.0 Å². The van der Waals surface area contributed by atoms with Crippen molar-refractivity contribution in [2.45, 2.75) is 26.5 Å². The smallest absolute Gasteiger partial charge is 0.0795 e. The maximum atomic E-state index is 7.88. The number of hydrogen-bond acceptors (Lipinski definition) is 3. The molecule has 1 radical (unpaired) electrons. The summed E-state index contributed by atoms with van der Waals surface area (Å²) in [5.41, 5.74) is 12.9. The van der Waals surface area contributed by atoms with Crippen LogP contribution < -0.4 is 5.19 Å². The maximum absolute atomic E-state index is 7.88. The first-order valence-electron chi connectivity index (χ1n) is 24.1. The van der Waals surface area contributed by atoms with Crippen molar-refractivity contribution >= 4 is 66.6 Å². The van der Waals surface area contributed by atoms with Crippen LogP contribution in [0.3, 0.4) is 0 Å². The second kappa shape index (κ2) is 18.9. The van der Waals surface area contributed by atoms with Gasteiger partial charge in [-0.25, -0.2) is 0 Å². The number of nitrogens with zero attached hydrogens (tertiary/aromatic N) is 3. The van der Waals surface area contributed by atoms with Gasteiger partial charge in [0.2, 0.25) is 0 Å². The molecule has 0 atom stereocenters. The van der Waals surface area contributed by atoms with Crippen LogP contribution in [0.5, 0.6) is 0 Å². The van der Waals surface area contributed by atoms with E-state index in [0.717, 1.165) is 98.3 Å². The summed E-state index contributed by atoms with van der Waals surface area (Å²) in [6.07, 6.45) is 2.02. The molecular weight excluding hydrogens is 1040 g/mol. The van der Waals surface area contributed by atoms with E-state index in [9.17, 15) is 0 Å². The number of pyridine rings is 1. The third kappa shape index (κ3) is 8.46. The summed E-state index contributed by atoms with van der Waals surface area (Å²) in [5.74, 6) is 0.832. The maximum Gasteiger partial charge on any atom is 0.0795 e. The third-order valence-corrected chi connectivity index (χ3v) is 15.7. The number of aryl methyl sites for hydroxylation is 1. The Labute approximate surface area is 421 Å². The van der Waals surface area contributed by atoms with Crippen molar-refractivity contribution in [1.29, 1.82) is 0 Å². The Bertz CT molecular complexity index is 3770. The molecule has 0 amide bonds. The summed E-state index contributed by atoms with van der Waals surface area (Å²) in [4.78, 5) is 9.92. The fourth-order valence-electron chi connectivity index (χ4n) is 9.12. The van der Waals surface area contributed by atoms with Crippen LogP contribution in [0.4, 0.5) is 0 Å². The van der Waals surface area contributed by atoms with Gasteiger partial charge in [0.25, 0.3) is 0 Å². The second-order valence-corrected chi connectivity index (χ2v) is 23.9. The Hall–Kier alpha value is -7.05. The molecule has 0 fully saturated rings. The number of imidazole rings is 1. The zero-order valence-electron chi connectivity index (χ0n) is 40.8. The van der Waals surface area contributed by atoms with Crippen LogP contribution >= 0.6 is 11.3 Å². The van der Waals surface area contributed by atoms with Crippen molar-refractivity contribution in [3.63, 3.8) is 0 Å².